The third-order valence-electron chi connectivity index (χ3n) is 6.73. The highest BCUT2D eigenvalue weighted by atomic mass is 32.1. The van der Waals surface area contributed by atoms with Crippen molar-refractivity contribution < 1.29 is 4.79 Å². The Morgan fingerprint density at radius 1 is 0.800 bits per heavy atom. The second-order valence-corrected chi connectivity index (χ2v) is 11.7. The molecule has 35 heavy (non-hydrogen) atoms. The fourth-order valence-electron chi connectivity index (χ4n) is 4.91. The Labute approximate surface area is 216 Å². The van der Waals surface area contributed by atoms with Crippen LogP contribution in [0.3, 0.4) is 0 Å². The van der Waals surface area contributed by atoms with Crippen molar-refractivity contribution in [2.24, 2.45) is 0 Å². The summed E-state index contributed by atoms with van der Waals surface area (Å²) < 4.78 is 0. The van der Waals surface area contributed by atoms with Crippen molar-refractivity contribution in [1.82, 2.24) is 5.32 Å². The van der Waals surface area contributed by atoms with Gasteiger partial charge in [0, 0.05) is 31.6 Å². The molecule has 0 atom stereocenters. The van der Waals surface area contributed by atoms with Gasteiger partial charge in [0.15, 0.2) is 0 Å². The van der Waals surface area contributed by atoms with Gasteiger partial charge in [-0.2, -0.15) is 0 Å². The van der Waals surface area contributed by atoms with E-state index < -0.39 is 0 Å². The van der Waals surface area contributed by atoms with Crippen molar-refractivity contribution >= 4 is 39.7 Å². The molecule has 1 N–H and O–H groups in total. The molecule has 0 bridgehead atoms. The first kappa shape index (κ1) is 23.8. The quantitative estimate of drug-likeness (QED) is 0.271. The zero-order valence-corrected chi connectivity index (χ0v) is 22.2. The minimum absolute atomic E-state index is 0.00297. The highest BCUT2D eigenvalue weighted by Crippen LogP contribution is 2.47. The van der Waals surface area contributed by atoms with Crippen molar-refractivity contribution in [2.45, 2.75) is 46.5 Å². The first-order valence-corrected chi connectivity index (χ1v) is 14.1. The van der Waals surface area contributed by atoms with Gasteiger partial charge in [0.25, 0.3) is 5.91 Å². The van der Waals surface area contributed by atoms with Gasteiger partial charge in [-0.3, -0.25) is 4.79 Å². The first-order valence-electron chi connectivity index (χ1n) is 12.4. The summed E-state index contributed by atoms with van der Waals surface area (Å²) in [7, 11) is 0. The molecule has 178 valence electrons. The summed E-state index contributed by atoms with van der Waals surface area (Å²) in [5, 5.41) is 2.95. The third-order valence-corrected chi connectivity index (χ3v) is 8.93. The van der Waals surface area contributed by atoms with E-state index in [0.29, 0.717) is 6.54 Å². The molecule has 0 radical (unpaired) electrons. The lowest BCUT2D eigenvalue weighted by Gasteiger charge is -2.07. The van der Waals surface area contributed by atoms with Gasteiger partial charge in [-0.15, -0.1) is 22.7 Å². The molecule has 0 fully saturated rings. The average molecular weight is 498 g/mol. The number of nitrogens with one attached hydrogen (secondary N) is 1. The fourth-order valence-corrected chi connectivity index (χ4v) is 7.02. The van der Waals surface area contributed by atoms with Crippen LogP contribution in [0, 0.1) is 13.8 Å². The van der Waals surface area contributed by atoms with E-state index in [-0.39, 0.29) is 5.91 Å². The maximum atomic E-state index is 12.3. The number of thiophene rings is 2. The minimum atomic E-state index is 0.00297. The number of hydrogen-bond donors (Lipinski definition) is 1. The molecule has 0 spiro atoms. The standard InChI is InChI=1S/C31H31NOS2/c1-4-17-32-31(33)24-15-13-23(14-16-24)30-19-28(21(3)35-30)26-12-8-11-25(26)27-18-29(34-20(27)2)22-9-6-5-7-10-22/h5-7,9-10,13-16,18-19H,4,8,11-12,17H2,1-3H3,(H,32,33). The van der Waals surface area contributed by atoms with Crippen LogP contribution in [-0.2, 0) is 0 Å². The maximum Gasteiger partial charge on any atom is 0.251 e. The number of carbonyl (C=O) groups is 1. The number of aryl methyl sites for hydroxylation is 2. The topological polar surface area (TPSA) is 29.1 Å². The van der Waals surface area contributed by atoms with Gasteiger partial charge >= 0.3 is 0 Å². The van der Waals surface area contributed by atoms with E-state index in [4.69, 9.17) is 0 Å². The summed E-state index contributed by atoms with van der Waals surface area (Å²) in [6.45, 7) is 7.28. The predicted octanol–water partition coefficient (Wildman–Crippen LogP) is 8.99. The zero-order valence-electron chi connectivity index (χ0n) is 20.6. The fraction of sp³-hybridized carbons (Fsp3) is 0.258. The smallest absolute Gasteiger partial charge is 0.251 e. The molecule has 1 aliphatic rings. The van der Waals surface area contributed by atoms with Gasteiger partial charge in [0.1, 0.15) is 0 Å². The second kappa shape index (κ2) is 10.3. The first-order chi connectivity index (χ1) is 17.0. The van der Waals surface area contributed by atoms with E-state index >= 15 is 0 Å². The van der Waals surface area contributed by atoms with E-state index in [0.717, 1.165) is 24.8 Å². The van der Waals surface area contributed by atoms with Crippen molar-refractivity contribution in [3.8, 4) is 20.9 Å². The highest BCUT2D eigenvalue weighted by Gasteiger charge is 2.23. The highest BCUT2D eigenvalue weighted by molar-refractivity contribution is 7.16. The third kappa shape index (κ3) is 4.91. The molecule has 5 rings (SSSR count). The summed E-state index contributed by atoms with van der Waals surface area (Å²) in [6, 6.07) is 23.5. The van der Waals surface area contributed by atoms with Crippen LogP contribution in [0.4, 0.5) is 0 Å². The van der Waals surface area contributed by atoms with Gasteiger partial charge in [-0.25, -0.2) is 0 Å². The average Bonchev–Trinajstić information content (AvgIpc) is 3.61. The van der Waals surface area contributed by atoms with Gasteiger partial charge in [0.2, 0.25) is 0 Å². The Balaban J connectivity index is 1.45. The van der Waals surface area contributed by atoms with E-state index in [1.165, 1.54) is 59.3 Å². The van der Waals surface area contributed by atoms with Crippen LogP contribution in [0.2, 0.25) is 0 Å². The molecule has 2 nitrogen and oxygen atoms in total. The Hall–Kier alpha value is -2.95. The summed E-state index contributed by atoms with van der Waals surface area (Å²) >= 11 is 3.76. The monoisotopic (exact) mass is 497 g/mol. The molecule has 1 aliphatic carbocycles. The number of amides is 1. The van der Waals surface area contributed by atoms with Crippen molar-refractivity contribution in [3.05, 3.63) is 93.2 Å². The summed E-state index contributed by atoms with van der Waals surface area (Å²) in [6.07, 6.45) is 4.44. The number of rotatable bonds is 7. The Morgan fingerprint density at radius 2 is 1.34 bits per heavy atom. The molecule has 4 heteroatoms. The molecule has 1 amide bonds. The van der Waals surface area contributed by atoms with Gasteiger partial charge in [-0.1, -0.05) is 49.4 Å². The lowest BCUT2D eigenvalue weighted by Crippen LogP contribution is -2.23. The van der Waals surface area contributed by atoms with E-state index in [1.54, 1.807) is 0 Å². The lowest BCUT2D eigenvalue weighted by molar-refractivity contribution is 0.0953. The largest absolute Gasteiger partial charge is 0.352 e. The molecule has 0 saturated carbocycles. The van der Waals surface area contributed by atoms with Crippen LogP contribution < -0.4 is 5.32 Å². The van der Waals surface area contributed by atoms with E-state index in [9.17, 15) is 4.79 Å². The van der Waals surface area contributed by atoms with E-state index in [1.807, 2.05) is 34.8 Å². The molecule has 0 unspecified atom stereocenters. The normalized spacial score (nSPS) is 13.5. The Bertz CT molecular complexity index is 1370. The molecular weight excluding hydrogens is 466 g/mol. The van der Waals surface area contributed by atoms with E-state index in [2.05, 4.69) is 80.7 Å². The Morgan fingerprint density at radius 3 is 1.89 bits per heavy atom. The van der Waals surface area contributed by atoms with Crippen LogP contribution >= 0.6 is 22.7 Å². The van der Waals surface area contributed by atoms with Crippen LogP contribution in [0.5, 0.6) is 0 Å². The SMILES string of the molecule is CCCNC(=O)c1ccc(-c2cc(C3=C(c4cc(-c5ccccc5)sc4C)CCC3)c(C)s2)cc1. The van der Waals surface area contributed by atoms with Crippen molar-refractivity contribution in [3.63, 3.8) is 0 Å². The Kier molecular flexibility index (Phi) is 7.03. The number of allylic oxidation sites excluding steroid dienone is 2. The number of carbonyl (C=O) groups excluding carboxylic acids is 1. The summed E-state index contributed by atoms with van der Waals surface area (Å²) in [5.41, 5.74) is 9.06. The number of benzene rings is 2. The van der Waals surface area contributed by atoms with Crippen LogP contribution in [0.1, 0.15) is 63.8 Å². The summed E-state index contributed by atoms with van der Waals surface area (Å²) in [4.78, 5) is 17.7. The maximum absolute atomic E-state index is 12.3. The molecule has 2 aromatic carbocycles. The van der Waals surface area contributed by atoms with Gasteiger partial charge < -0.3 is 5.32 Å². The zero-order chi connectivity index (χ0) is 24.4. The van der Waals surface area contributed by atoms with Crippen molar-refractivity contribution in [1.29, 1.82) is 0 Å². The number of hydrogen-bond acceptors (Lipinski definition) is 3. The van der Waals surface area contributed by atoms with Crippen molar-refractivity contribution in [2.75, 3.05) is 6.54 Å². The molecule has 2 heterocycles. The summed E-state index contributed by atoms with van der Waals surface area (Å²) in [5.74, 6) is 0.00297. The second-order valence-electron chi connectivity index (χ2n) is 9.17. The molecular formula is C31H31NOS2. The van der Waals surface area contributed by atoms with Crippen LogP contribution in [0.25, 0.3) is 32.0 Å². The molecule has 2 aromatic heterocycles. The van der Waals surface area contributed by atoms with Gasteiger partial charge in [-0.05, 0) is 97.2 Å². The predicted molar refractivity (Wildman–Crippen MR) is 152 cm³/mol. The van der Waals surface area contributed by atoms with Crippen LogP contribution in [0.15, 0.2) is 66.7 Å². The van der Waals surface area contributed by atoms with Gasteiger partial charge in [0.05, 0.1) is 0 Å². The lowest BCUT2D eigenvalue weighted by atomic mass is 9.96. The molecule has 0 saturated heterocycles. The minimum Gasteiger partial charge on any atom is -0.352 e. The van der Waals surface area contributed by atoms with Crippen LogP contribution in [-0.4, -0.2) is 12.5 Å². The molecule has 4 aromatic rings. The molecule has 0 aliphatic heterocycles.